The Bertz CT molecular complexity index is 493. The number of halogens is 1. The van der Waals surface area contributed by atoms with Gasteiger partial charge < -0.3 is 5.32 Å². The summed E-state index contributed by atoms with van der Waals surface area (Å²) < 4.78 is 0. The molecule has 118 valence electrons. The van der Waals surface area contributed by atoms with E-state index in [0.29, 0.717) is 17.4 Å². The van der Waals surface area contributed by atoms with Crippen molar-refractivity contribution in [2.75, 3.05) is 6.54 Å². The first kappa shape index (κ1) is 16.8. The average molecular weight is 308 g/mol. The molecule has 1 saturated carbocycles. The fourth-order valence-electron chi connectivity index (χ4n) is 3.78. The SMILES string of the molecule is CCCNC(c1cc(C)c(C)cc1Cl)C1CCCC1(C)C. The molecule has 2 unspecified atom stereocenters. The Labute approximate surface area is 135 Å². The van der Waals surface area contributed by atoms with Gasteiger partial charge in [-0.15, -0.1) is 0 Å². The third-order valence-corrected chi connectivity index (χ3v) is 5.63. The van der Waals surface area contributed by atoms with Crippen LogP contribution >= 0.6 is 11.6 Å². The van der Waals surface area contributed by atoms with Gasteiger partial charge in [-0.05, 0) is 73.7 Å². The van der Waals surface area contributed by atoms with Gasteiger partial charge in [-0.2, -0.15) is 0 Å². The molecule has 1 N–H and O–H groups in total. The minimum Gasteiger partial charge on any atom is -0.310 e. The Morgan fingerprint density at radius 1 is 1.29 bits per heavy atom. The number of hydrogen-bond acceptors (Lipinski definition) is 1. The Kier molecular flexibility index (Phi) is 5.38. The molecule has 1 aromatic rings. The summed E-state index contributed by atoms with van der Waals surface area (Å²) in [5.74, 6) is 0.670. The Morgan fingerprint density at radius 3 is 2.52 bits per heavy atom. The van der Waals surface area contributed by atoms with Crippen molar-refractivity contribution in [2.45, 2.75) is 66.3 Å². The number of nitrogens with one attached hydrogen (secondary N) is 1. The normalized spacial score (nSPS) is 22.5. The van der Waals surface area contributed by atoms with Gasteiger partial charge in [0.15, 0.2) is 0 Å². The summed E-state index contributed by atoms with van der Waals surface area (Å²) in [6, 6.07) is 4.82. The molecule has 0 saturated heterocycles. The van der Waals surface area contributed by atoms with Crippen molar-refractivity contribution in [1.82, 2.24) is 5.32 Å². The zero-order valence-electron chi connectivity index (χ0n) is 14.2. The summed E-state index contributed by atoms with van der Waals surface area (Å²) in [6.07, 6.45) is 5.12. The number of benzene rings is 1. The fraction of sp³-hybridized carbons (Fsp3) is 0.684. The molecule has 0 amide bonds. The number of rotatable bonds is 5. The lowest BCUT2D eigenvalue weighted by Crippen LogP contribution is -2.34. The van der Waals surface area contributed by atoms with E-state index in [0.717, 1.165) is 18.0 Å². The van der Waals surface area contributed by atoms with Crippen LogP contribution in [0.4, 0.5) is 0 Å². The predicted molar refractivity (Wildman–Crippen MR) is 93.1 cm³/mol. The molecule has 2 heteroatoms. The summed E-state index contributed by atoms with van der Waals surface area (Å²) in [7, 11) is 0. The molecule has 0 spiro atoms. The van der Waals surface area contributed by atoms with E-state index in [1.807, 2.05) is 0 Å². The van der Waals surface area contributed by atoms with Gasteiger partial charge >= 0.3 is 0 Å². The van der Waals surface area contributed by atoms with Crippen molar-refractivity contribution in [3.63, 3.8) is 0 Å². The first-order valence-corrected chi connectivity index (χ1v) is 8.74. The first-order chi connectivity index (χ1) is 9.86. The van der Waals surface area contributed by atoms with E-state index in [4.69, 9.17) is 11.6 Å². The van der Waals surface area contributed by atoms with E-state index in [-0.39, 0.29) is 0 Å². The van der Waals surface area contributed by atoms with Crippen molar-refractivity contribution < 1.29 is 0 Å². The van der Waals surface area contributed by atoms with E-state index < -0.39 is 0 Å². The van der Waals surface area contributed by atoms with Crippen LogP contribution in [0.25, 0.3) is 0 Å². The molecule has 1 nitrogen and oxygen atoms in total. The Hall–Kier alpha value is -0.530. The molecule has 21 heavy (non-hydrogen) atoms. The third kappa shape index (κ3) is 3.63. The molecule has 0 heterocycles. The van der Waals surface area contributed by atoms with Crippen LogP contribution in [0.5, 0.6) is 0 Å². The highest BCUT2D eigenvalue weighted by Gasteiger charge is 2.40. The predicted octanol–water partition coefficient (Wildman–Crippen LogP) is 5.82. The largest absolute Gasteiger partial charge is 0.310 e. The fourth-order valence-corrected chi connectivity index (χ4v) is 4.12. The van der Waals surface area contributed by atoms with Crippen LogP contribution in [0.3, 0.4) is 0 Å². The van der Waals surface area contributed by atoms with Crippen molar-refractivity contribution in [3.05, 3.63) is 33.8 Å². The van der Waals surface area contributed by atoms with E-state index in [1.165, 1.54) is 36.0 Å². The van der Waals surface area contributed by atoms with Gasteiger partial charge in [-0.25, -0.2) is 0 Å². The van der Waals surface area contributed by atoms with Crippen LogP contribution in [-0.4, -0.2) is 6.54 Å². The van der Waals surface area contributed by atoms with Gasteiger partial charge in [0.1, 0.15) is 0 Å². The lowest BCUT2D eigenvalue weighted by molar-refractivity contribution is 0.198. The molecule has 0 radical (unpaired) electrons. The zero-order chi connectivity index (χ0) is 15.6. The molecular formula is C19H30ClN. The maximum absolute atomic E-state index is 6.61. The van der Waals surface area contributed by atoms with Crippen LogP contribution in [0.15, 0.2) is 12.1 Å². The number of aryl methyl sites for hydroxylation is 2. The second-order valence-corrected chi connectivity index (χ2v) is 7.78. The number of hydrogen-bond donors (Lipinski definition) is 1. The van der Waals surface area contributed by atoms with Crippen molar-refractivity contribution in [2.24, 2.45) is 11.3 Å². The summed E-state index contributed by atoms with van der Waals surface area (Å²) in [5, 5.41) is 4.71. The van der Waals surface area contributed by atoms with Gasteiger partial charge in [0.25, 0.3) is 0 Å². The summed E-state index contributed by atoms with van der Waals surface area (Å²) in [4.78, 5) is 0. The van der Waals surface area contributed by atoms with Crippen LogP contribution in [0.2, 0.25) is 5.02 Å². The summed E-state index contributed by atoms with van der Waals surface area (Å²) in [6.45, 7) is 12.4. The van der Waals surface area contributed by atoms with Crippen LogP contribution in [-0.2, 0) is 0 Å². The third-order valence-electron chi connectivity index (χ3n) is 5.30. The molecule has 1 aliphatic carbocycles. The molecular weight excluding hydrogens is 278 g/mol. The van der Waals surface area contributed by atoms with Crippen LogP contribution < -0.4 is 5.32 Å². The summed E-state index contributed by atoms with van der Waals surface area (Å²) >= 11 is 6.61. The second-order valence-electron chi connectivity index (χ2n) is 7.38. The first-order valence-electron chi connectivity index (χ1n) is 8.37. The zero-order valence-corrected chi connectivity index (χ0v) is 15.0. The van der Waals surface area contributed by atoms with Crippen molar-refractivity contribution >= 4 is 11.6 Å². The van der Waals surface area contributed by atoms with Gasteiger partial charge in [0, 0.05) is 11.1 Å². The van der Waals surface area contributed by atoms with Crippen LogP contribution in [0.1, 0.15) is 69.2 Å². The van der Waals surface area contributed by atoms with E-state index >= 15 is 0 Å². The Balaban J connectivity index is 2.38. The smallest absolute Gasteiger partial charge is 0.0456 e. The maximum atomic E-state index is 6.61. The second kappa shape index (κ2) is 6.71. The highest BCUT2D eigenvalue weighted by Crippen LogP contribution is 2.49. The minimum atomic E-state index is 0.384. The molecule has 2 rings (SSSR count). The highest BCUT2D eigenvalue weighted by molar-refractivity contribution is 6.31. The van der Waals surface area contributed by atoms with Gasteiger partial charge in [-0.3, -0.25) is 0 Å². The topological polar surface area (TPSA) is 12.0 Å². The average Bonchev–Trinajstić information content (AvgIpc) is 2.75. The van der Waals surface area contributed by atoms with E-state index in [1.54, 1.807) is 0 Å². The molecule has 0 aromatic heterocycles. The monoisotopic (exact) mass is 307 g/mol. The maximum Gasteiger partial charge on any atom is 0.0456 e. The molecule has 1 aliphatic rings. The van der Waals surface area contributed by atoms with E-state index in [2.05, 4.69) is 52.1 Å². The van der Waals surface area contributed by atoms with Crippen molar-refractivity contribution in [1.29, 1.82) is 0 Å². The summed E-state index contributed by atoms with van der Waals surface area (Å²) in [5.41, 5.74) is 4.32. The van der Waals surface area contributed by atoms with Gasteiger partial charge in [0.05, 0.1) is 0 Å². The molecule has 0 bridgehead atoms. The molecule has 1 aromatic carbocycles. The quantitative estimate of drug-likeness (QED) is 0.722. The van der Waals surface area contributed by atoms with Gasteiger partial charge in [0.2, 0.25) is 0 Å². The minimum absolute atomic E-state index is 0.384. The molecule has 2 atom stereocenters. The molecule has 0 aliphatic heterocycles. The molecule has 1 fully saturated rings. The lowest BCUT2D eigenvalue weighted by atomic mass is 9.75. The highest BCUT2D eigenvalue weighted by atomic mass is 35.5. The lowest BCUT2D eigenvalue weighted by Gasteiger charge is -2.36. The van der Waals surface area contributed by atoms with E-state index in [9.17, 15) is 0 Å². The van der Waals surface area contributed by atoms with Crippen molar-refractivity contribution in [3.8, 4) is 0 Å². The van der Waals surface area contributed by atoms with Crippen LogP contribution in [0, 0.1) is 25.2 Å². The Morgan fingerprint density at radius 2 is 1.95 bits per heavy atom. The van der Waals surface area contributed by atoms with Gasteiger partial charge in [-0.1, -0.05) is 44.9 Å². The standard InChI is InChI=1S/C19H30ClN/c1-6-10-21-18(16-8-7-9-19(16,4)5)15-11-13(2)14(3)12-17(15)20/h11-12,16,18,21H,6-10H2,1-5H3.